The second-order valence-electron chi connectivity index (χ2n) is 4.86. The molecule has 1 unspecified atom stereocenters. The van der Waals surface area contributed by atoms with Crippen molar-refractivity contribution < 1.29 is 9.32 Å². The quantitative estimate of drug-likeness (QED) is 0.907. The van der Waals surface area contributed by atoms with Crippen LogP contribution in [0.3, 0.4) is 0 Å². The summed E-state index contributed by atoms with van der Waals surface area (Å²) in [5.74, 6) is 0.671. The van der Waals surface area contributed by atoms with E-state index in [1.807, 2.05) is 24.3 Å². The van der Waals surface area contributed by atoms with Crippen molar-refractivity contribution in [2.24, 2.45) is 5.92 Å². The van der Waals surface area contributed by atoms with Crippen LogP contribution >= 0.6 is 12.4 Å². The highest BCUT2D eigenvalue weighted by Crippen LogP contribution is 2.19. The molecule has 1 aromatic heterocycles. The second kappa shape index (κ2) is 7.19. The zero-order valence-corrected chi connectivity index (χ0v) is 12.2. The SMILES string of the molecule is Cl.O=C(Nc1ccc(-c2ncon2)cc1)C1CCCNC1. The molecule has 0 aliphatic carbocycles. The summed E-state index contributed by atoms with van der Waals surface area (Å²) in [5, 5.41) is 9.95. The normalized spacial score (nSPS) is 17.8. The van der Waals surface area contributed by atoms with Gasteiger partial charge >= 0.3 is 0 Å². The van der Waals surface area contributed by atoms with Crippen LogP contribution in [0.2, 0.25) is 0 Å². The maximum atomic E-state index is 12.1. The van der Waals surface area contributed by atoms with E-state index < -0.39 is 0 Å². The number of carbonyl (C=O) groups excluding carboxylic acids is 1. The minimum absolute atomic E-state index is 0. The molecule has 3 rings (SSSR count). The molecule has 0 radical (unpaired) electrons. The Morgan fingerprint density at radius 2 is 2.14 bits per heavy atom. The van der Waals surface area contributed by atoms with Crippen LogP contribution in [-0.2, 0) is 4.79 Å². The Hall–Kier alpha value is -1.92. The first-order valence-corrected chi connectivity index (χ1v) is 6.71. The summed E-state index contributed by atoms with van der Waals surface area (Å²) < 4.78 is 4.71. The van der Waals surface area contributed by atoms with Crippen LogP contribution in [0.5, 0.6) is 0 Å². The monoisotopic (exact) mass is 308 g/mol. The molecule has 112 valence electrons. The smallest absolute Gasteiger partial charge is 0.228 e. The van der Waals surface area contributed by atoms with Gasteiger partial charge in [-0.3, -0.25) is 4.79 Å². The zero-order chi connectivity index (χ0) is 13.8. The lowest BCUT2D eigenvalue weighted by molar-refractivity contribution is -0.120. The number of hydrogen-bond donors (Lipinski definition) is 2. The van der Waals surface area contributed by atoms with Crippen LogP contribution in [0, 0.1) is 5.92 Å². The van der Waals surface area contributed by atoms with Crippen molar-refractivity contribution in [3.8, 4) is 11.4 Å². The molecule has 7 heteroatoms. The van der Waals surface area contributed by atoms with Gasteiger partial charge in [0.25, 0.3) is 0 Å². The van der Waals surface area contributed by atoms with Gasteiger partial charge in [0.15, 0.2) is 0 Å². The van der Waals surface area contributed by atoms with Gasteiger partial charge in [-0.05, 0) is 43.7 Å². The van der Waals surface area contributed by atoms with Crippen molar-refractivity contribution >= 4 is 24.0 Å². The predicted molar refractivity (Wildman–Crippen MR) is 81.2 cm³/mol. The van der Waals surface area contributed by atoms with Gasteiger partial charge < -0.3 is 15.2 Å². The Balaban J connectivity index is 0.00000161. The van der Waals surface area contributed by atoms with Gasteiger partial charge in [0, 0.05) is 17.8 Å². The molecule has 0 spiro atoms. The Labute approximate surface area is 128 Å². The molecule has 6 nitrogen and oxygen atoms in total. The molecule has 1 aliphatic rings. The summed E-state index contributed by atoms with van der Waals surface area (Å²) in [6.45, 7) is 1.76. The van der Waals surface area contributed by atoms with E-state index in [9.17, 15) is 4.79 Å². The van der Waals surface area contributed by atoms with Crippen molar-refractivity contribution in [3.63, 3.8) is 0 Å². The highest BCUT2D eigenvalue weighted by molar-refractivity contribution is 5.93. The van der Waals surface area contributed by atoms with Crippen LogP contribution in [0.25, 0.3) is 11.4 Å². The molecule has 1 atom stereocenters. The molecule has 1 fully saturated rings. The molecule has 2 heterocycles. The number of rotatable bonds is 3. The molecule has 0 bridgehead atoms. The molecule has 1 amide bonds. The van der Waals surface area contributed by atoms with Gasteiger partial charge in [0.1, 0.15) is 0 Å². The van der Waals surface area contributed by atoms with Crippen molar-refractivity contribution in [2.45, 2.75) is 12.8 Å². The van der Waals surface area contributed by atoms with E-state index in [1.54, 1.807) is 0 Å². The predicted octanol–water partition coefficient (Wildman–Crippen LogP) is 2.10. The van der Waals surface area contributed by atoms with Gasteiger partial charge in [-0.25, -0.2) is 0 Å². The van der Waals surface area contributed by atoms with Gasteiger partial charge in [0.2, 0.25) is 18.1 Å². The fourth-order valence-corrected chi connectivity index (χ4v) is 2.32. The number of nitrogens with one attached hydrogen (secondary N) is 2. The van der Waals surface area contributed by atoms with Crippen molar-refractivity contribution in [1.82, 2.24) is 15.5 Å². The Bertz CT molecular complexity index is 565. The summed E-state index contributed by atoms with van der Waals surface area (Å²) in [7, 11) is 0. The first-order valence-electron chi connectivity index (χ1n) is 6.71. The number of carbonyl (C=O) groups is 1. The van der Waals surface area contributed by atoms with Gasteiger partial charge in [-0.15, -0.1) is 12.4 Å². The van der Waals surface area contributed by atoms with Crippen molar-refractivity contribution in [2.75, 3.05) is 18.4 Å². The van der Waals surface area contributed by atoms with Crippen molar-refractivity contribution in [1.29, 1.82) is 0 Å². The Morgan fingerprint density at radius 1 is 1.33 bits per heavy atom. The number of aromatic nitrogens is 2. The summed E-state index contributed by atoms with van der Waals surface area (Å²) in [6.07, 6.45) is 3.29. The molecule has 1 aliphatic heterocycles. The first kappa shape index (κ1) is 15.5. The fraction of sp³-hybridized carbons (Fsp3) is 0.357. The fourth-order valence-electron chi connectivity index (χ4n) is 2.32. The van der Waals surface area contributed by atoms with Crippen LogP contribution < -0.4 is 10.6 Å². The van der Waals surface area contributed by atoms with Crippen LogP contribution in [0.15, 0.2) is 35.2 Å². The standard InChI is InChI=1S/C14H16N4O2.ClH/c19-14(11-2-1-7-15-8-11)17-12-5-3-10(4-6-12)13-16-9-20-18-13;/h3-6,9,11,15H,1-2,7-8H2,(H,17,19);1H. The molecule has 21 heavy (non-hydrogen) atoms. The minimum atomic E-state index is 0. The van der Waals surface area contributed by atoms with E-state index in [4.69, 9.17) is 4.52 Å². The van der Waals surface area contributed by atoms with E-state index >= 15 is 0 Å². The molecule has 2 N–H and O–H groups in total. The summed E-state index contributed by atoms with van der Waals surface area (Å²) in [5.41, 5.74) is 1.64. The Morgan fingerprint density at radius 3 is 2.76 bits per heavy atom. The molecule has 2 aromatic rings. The van der Waals surface area contributed by atoms with Crippen molar-refractivity contribution in [3.05, 3.63) is 30.7 Å². The van der Waals surface area contributed by atoms with Gasteiger partial charge in [0.05, 0.1) is 5.92 Å². The number of nitrogens with zero attached hydrogens (tertiary/aromatic N) is 2. The third-order valence-electron chi connectivity index (χ3n) is 3.44. The molecule has 1 saturated heterocycles. The number of benzene rings is 1. The lowest BCUT2D eigenvalue weighted by atomic mass is 9.99. The number of amides is 1. The minimum Gasteiger partial charge on any atom is -0.342 e. The molecule has 0 saturated carbocycles. The number of hydrogen-bond acceptors (Lipinski definition) is 5. The Kier molecular flexibility index (Phi) is 5.30. The molecule has 1 aromatic carbocycles. The van der Waals surface area contributed by atoms with E-state index in [2.05, 4.69) is 20.8 Å². The van der Waals surface area contributed by atoms with Gasteiger partial charge in [-0.2, -0.15) is 4.98 Å². The van der Waals surface area contributed by atoms with Crippen LogP contribution in [-0.4, -0.2) is 29.1 Å². The number of anilines is 1. The number of halogens is 1. The third kappa shape index (κ3) is 3.80. The van der Waals surface area contributed by atoms with E-state index in [1.165, 1.54) is 6.39 Å². The van der Waals surface area contributed by atoms with E-state index in [0.717, 1.165) is 37.2 Å². The summed E-state index contributed by atoms with van der Waals surface area (Å²) >= 11 is 0. The maximum absolute atomic E-state index is 12.1. The molecular formula is C14H17ClN4O2. The summed E-state index contributed by atoms with van der Waals surface area (Å²) in [6, 6.07) is 7.42. The first-order chi connectivity index (χ1) is 9.83. The topological polar surface area (TPSA) is 80.1 Å². The zero-order valence-electron chi connectivity index (χ0n) is 11.4. The lowest BCUT2D eigenvalue weighted by Crippen LogP contribution is -2.37. The van der Waals surface area contributed by atoms with E-state index in [0.29, 0.717) is 5.82 Å². The average Bonchev–Trinajstić information content (AvgIpc) is 3.03. The van der Waals surface area contributed by atoms with Crippen LogP contribution in [0.4, 0.5) is 5.69 Å². The van der Waals surface area contributed by atoms with Crippen LogP contribution in [0.1, 0.15) is 12.8 Å². The lowest BCUT2D eigenvalue weighted by Gasteiger charge is -2.21. The maximum Gasteiger partial charge on any atom is 0.228 e. The highest BCUT2D eigenvalue weighted by Gasteiger charge is 2.20. The van der Waals surface area contributed by atoms with Gasteiger partial charge in [-0.1, -0.05) is 5.16 Å². The second-order valence-corrected chi connectivity index (χ2v) is 4.86. The summed E-state index contributed by atoms with van der Waals surface area (Å²) in [4.78, 5) is 16.1. The van der Waals surface area contributed by atoms with E-state index in [-0.39, 0.29) is 24.2 Å². The molecular weight excluding hydrogens is 292 g/mol. The average molecular weight is 309 g/mol. The largest absolute Gasteiger partial charge is 0.342 e. The third-order valence-corrected chi connectivity index (χ3v) is 3.44. The number of piperidine rings is 1. The highest BCUT2D eigenvalue weighted by atomic mass is 35.5.